The molecule has 0 atom stereocenters. The van der Waals surface area contributed by atoms with Crippen molar-refractivity contribution in [3.05, 3.63) is 54.0 Å². The number of nitrogens with zero attached hydrogens (tertiary/aromatic N) is 3. The summed E-state index contributed by atoms with van der Waals surface area (Å²) in [7, 11) is 1.65. The molecule has 1 amide bonds. The Morgan fingerprint density at radius 3 is 2.88 bits per heavy atom. The van der Waals surface area contributed by atoms with Gasteiger partial charge in [-0.25, -0.2) is 9.97 Å². The summed E-state index contributed by atoms with van der Waals surface area (Å²) in [6.07, 6.45) is 1.73. The van der Waals surface area contributed by atoms with Crippen LogP contribution in [0, 0.1) is 0 Å². The molecule has 0 radical (unpaired) electrons. The Morgan fingerprint density at radius 1 is 1.23 bits per heavy atom. The molecular weight excluding hydrogens is 332 g/mol. The van der Waals surface area contributed by atoms with Crippen molar-refractivity contribution >= 4 is 17.1 Å². The first-order valence-corrected chi connectivity index (χ1v) is 8.53. The maximum atomic E-state index is 12.6. The maximum absolute atomic E-state index is 12.6. The molecular formula is C19H22N4O3. The molecule has 0 spiro atoms. The summed E-state index contributed by atoms with van der Waals surface area (Å²) in [6.45, 7) is 3.84. The number of rotatable bonds is 8. The van der Waals surface area contributed by atoms with E-state index in [1.807, 2.05) is 35.8 Å². The summed E-state index contributed by atoms with van der Waals surface area (Å²) < 4.78 is 12.7. The first kappa shape index (κ1) is 17.9. The minimum absolute atomic E-state index is 0.202. The minimum atomic E-state index is -0.202. The Hall–Kier alpha value is -2.93. The molecule has 1 aromatic carbocycles. The molecule has 0 fully saturated rings. The lowest BCUT2D eigenvalue weighted by Crippen LogP contribution is -2.25. The molecule has 0 saturated carbocycles. The number of fused-ring (bicyclic) bond motifs is 1. The maximum Gasteiger partial charge on any atom is 0.255 e. The number of carbonyl (C=O) groups excluding carboxylic acids is 1. The number of hydrogen-bond acceptors (Lipinski definition) is 5. The number of amides is 1. The SMILES string of the molecule is CCOc1ccccc1C(=O)NCc1nc2cccnc2n1CCOC. The number of aromatic nitrogens is 3. The van der Waals surface area contributed by atoms with E-state index in [4.69, 9.17) is 9.47 Å². The van der Waals surface area contributed by atoms with Crippen LogP contribution in [0.4, 0.5) is 0 Å². The van der Waals surface area contributed by atoms with E-state index in [0.29, 0.717) is 37.6 Å². The number of imidazole rings is 1. The van der Waals surface area contributed by atoms with Gasteiger partial charge in [0.15, 0.2) is 5.65 Å². The molecule has 0 aliphatic heterocycles. The van der Waals surface area contributed by atoms with Crippen LogP contribution < -0.4 is 10.1 Å². The van der Waals surface area contributed by atoms with Crippen LogP contribution in [0.3, 0.4) is 0 Å². The van der Waals surface area contributed by atoms with Gasteiger partial charge in [0.05, 0.1) is 25.3 Å². The lowest BCUT2D eigenvalue weighted by atomic mass is 10.2. The molecule has 0 aliphatic rings. The quantitative estimate of drug-likeness (QED) is 0.672. The fourth-order valence-electron chi connectivity index (χ4n) is 2.75. The molecule has 0 saturated heterocycles. The van der Waals surface area contributed by atoms with Crippen molar-refractivity contribution in [1.82, 2.24) is 19.9 Å². The van der Waals surface area contributed by atoms with Crippen molar-refractivity contribution in [2.75, 3.05) is 20.3 Å². The lowest BCUT2D eigenvalue weighted by molar-refractivity contribution is 0.0945. The van der Waals surface area contributed by atoms with Gasteiger partial charge in [-0.1, -0.05) is 12.1 Å². The third-order valence-electron chi connectivity index (χ3n) is 3.94. The topological polar surface area (TPSA) is 78.3 Å². The number of benzene rings is 1. The van der Waals surface area contributed by atoms with Crippen LogP contribution in [0.15, 0.2) is 42.6 Å². The molecule has 2 heterocycles. The van der Waals surface area contributed by atoms with E-state index < -0.39 is 0 Å². The highest BCUT2D eigenvalue weighted by atomic mass is 16.5. The number of nitrogens with one attached hydrogen (secondary N) is 1. The van der Waals surface area contributed by atoms with E-state index in [1.54, 1.807) is 25.4 Å². The Morgan fingerprint density at radius 2 is 2.08 bits per heavy atom. The predicted octanol–water partition coefficient (Wildman–Crippen LogP) is 2.41. The van der Waals surface area contributed by atoms with E-state index in [1.165, 1.54) is 0 Å². The molecule has 0 unspecified atom stereocenters. The fourth-order valence-corrected chi connectivity index (χ4v) is 2.75. The standard InChI is InChI=1S/C19H22N4O3/c1-3-26-16-9-5-4-7-14(16)19(24)21-13-17-22-15-8-6-10-20-18(15)23(17)11-12-25-2/h4-10H,3,11-13H2,1-2H3,(H,21,24). The van der Waals surface area contributed by atoms with Crippen LogP contribution in [0.2, 0.25) is 0 Å². The van der Waals surface area contributed by atoms with Gasteiger partial charge >= 0.3 is 0 Å². The fraction of sp³-hybridized carbons (Fsp3) is 0.316. The van der Waals surface area contributed by atoms with Gasteiger partial charge in [-0.15, -0.1) is 0 Å². The van der Waals surface area contributed by atoms with Crippen molar-refractivity contribution in [1.29, 1.82) is 0 Å². The minimum Gasteiger partial charge on any atom is -0.493 e. The molecule has 26 heavy (non-hydrogen) atoms. The Bertz CT molecular complexity index is 891. The highest BCUT2D eigenvalue weighted by Crippen LogP contribution is 2.18. The monoisotopic (exact) mass is 354 g/mol. The molecule has 7 nitrogen and oxygen atoms in total. The summed E-state index contributed by atoms with van der Waals surface area (Å²) in [5, 5.41) is 2.92. The highest BCUT2D eigenvalue weighted by Gasteiger charge is 2.15. The zero-order valence-electron chi connectivity index (χ0n) is 14.9. The second-order valence-electron chi connectivity index (χ2n) is 5.63. The highest BCUT2D eigenvalue weighted by molar-refractivity contribution is 5.96. The van der Waals surface area contributed by atoms with Gasteiger partial charge in [-0.3, -0.25) is 4.79 Å². The summed E-state index contributed by atoms with van der Waals surface area (Å²) in [4.78, 5) is 21.6. The Labute approximate surface area is 152 Å². The van der Waals surface area contributed by atoms with Gasteiger partial charge in [0, 0.05) is 19.9 Å². The van der Waals surface area contributed by atoms with Gasteiger partial charge in [-0.05, 0) is 31.2 Å². The van der Waals surface area contributed by atoms with E-state index in [2.05, 4.69) is 15.3 Å². The Balaban J connectivity index is 1.80. The van der Waals surface area contributed by atoms with Crippen molar-refractivity contribution in [2.24, 2.45) is 0 Å². The molecule has 2 aromatic heterocycles. The van der Waals surface area contributed by atoms with Gasteiger partial charge < -0.3 is 19.4 Å². The lowest BCUT2D eigenvalue weighted by Gasteiger charge is -2.11. The second kappa shape index (κ2) is 8.44. The zero-order valence-corrected chi connectivity index (χ0v) is 14.9. The van der Waals surface area contributed by atoms with Gasteiger partial charge in [0.1, 0.15) is 17.1 Å². The Kier molecular flexibility index (Phi) is 5.80. The first-order valence-electron chi connectivity index (χ1n) is 8.53. The van der Waals surface area contributed by atoms with Crippen LogP contribution in [0.1, 0.15) is 23.1 Å². The number of carbonyl (C=O) groups is 1. The van der Waals surface area contributed by atoms with E-state index in [0.717, 1.165) is 17.0 Å². The summed E-state index contributed by atoms with van der Waals surface area (Å²) in [5.74, 6) is 1.10. The van der Waals surface area contributed by atoms with E-state index >= 15 is 0 Å². The van der Waals surface area contributed by atoms with Crippen LogP contribution >= 0.6 is 0 Å². The molecule has 3 rings (SSSR count). The molecule has 0 aliphatic carbocycles. The summed E-state index contributed by atoms with van der Waals surface area (Å²) in [5.41, 5.74) is 2.08. The number of methoxy groups -OCH3 is 1. The molecule has 3 aromatic rings. The number of pyridine rings is 1. The normalized spacial score (nSPS) is 10.8. The third kappa shape index (κ3) is 3.83. The van der Waals surface area contributed by atoms with Gasteiger partial charge in [0.25, 0.3) is 5.91 Å². The largest absolute Gasteiger partial charge is 0.493 e. The molecule has 0 bridgehead atoms. The van der Waals surface area contributed by atoms with E-state index in [9.17, 15) is 4.79 Å². The van der Waals surface area contributed by atoms with Gasteiger partial charge in [0.2, 0.25) is 0 Å². The van der Waals surface area contributed by atoms with Crippen molar-refractivity contribution in [2.45, 2.75) is 20.0 Å². The number of ether oxygens (including phenoxy) is 2. The molecule has 136 valence electrons. The van der Waals surface area contributed by atoms with Gasteiger partial charge in [-0.2, -0.15) is 0 Å². The molecule has 7 heteroatoms. The smallest absolute Gasteiger partial charge is 0.255 e. The summed E-state index contributed by atoms with van der Waals surface area (Å²) in [6, 6.07) is 10.9. The average molecular weight is 354 g/mol. The van der Waals surface area contributed by atoms with E-state index in [-0.39, 0.29) is 5.91 Å². The van der Waals surface area contributed by atoms with Crippen LogP contribution in [0.5, 0.6) is 5.75 Å². The predicted molar refractivity (Wildman–Crippen MR) is 98.2 cm³/mol. The molecule has 1 N–H and O–H groups in total. The van der Waals surface area contributed by atoms with Crippen molar-refractivity contribution in [3.63, 3.8) is 0 Å². The van der Waals surface area contributed by atoms with Crippen molar-refractivity contribution in [3.8, 4) is 5.75 Å². The first-order chi connectivity index (χ1) is 12.7. The third-order valence-corrected chi connectivity index (χ3v) is 3.94. The average Bonchev–Trinajstić information content (AvgIpc) is 3.02. The number of para-hydroxylation sites is 1. The van der Waals surface area contributed by atoms with Crippen LogP contribution in [-0.4, -0.2) is 40.8 Å². The zero-order chi connectivity index (χ0) is 18.4. The number of hydrogen-bond donors (Lipinski definition) is 1. The summed E-state index contributed by atoms with van der Waals surface area (Å²) >= 11 is 0. The van der Waals surface area contributed by atoms with Crippen LogP contribution in [0.25, 0.3) is 11.2 Å². The van der Waals surface area contributed by atoms with Crippen LogP contribution in [-0.2, 0) is 17.8 Å². The van der Waals surface area contributed by atoms with Crippen molar-refractivity contribution < 1.29 is 14.3 Å². The second-order valence-corrected chi connectivity index (χ2v) is 5.63.